The van der Waals surface area contributed by atoms with Crippen molar-refractivity contribution in [3.8, 4) is 0 Å². The maximum absolute atomic E-state index is 13.6. The van der Waals surface area contributed by atoms with Crippen LogP contribution < -0.4 is 9.62 Å². The summed E-state index contributed by atoms with van der Waals surface area (Å²) in [5.74, 6) is -0.754. The van der Waals surface area contributed by atoms with Gasteiger partial charge < -0.3 is 10.2 Å². The van der Waals surface area contributed by atoms with Crippen LogP contribution in [0.15, 0.2) is 42.5 Å². The second-order valence-electron chi connectivity index (χ2n) is 9.91. The fraction of sp³-hybridized carbons (Fsp3) is 0.462. The molecule has 0 radical (unpaired) electrons. The van der Waals surface area contributed by atoms with E-state index in [1.54, 1.807) is 19.1 Å². The molecule has 34 heavy (non-hydrogen) atoms. The van der Waals surface area contributed by atoms with Crippen LogP contribution in [0.25, 0.3) is 0 Å². The molecular weight excluding hydrogens is 450 g/mol. The van der Waals surface area contributed by atoms with E-state index in [1.165, 1.54) is 4.90 Å². The Morgan fingerprint density at radius 2 is 1.65 bits per heavy atom. The largest absolute Gasteiger partial charge is 0.350 e. The Morgan fingerprint density at radius 3 is 2.21 bits per heavy atom. The molecule has 2 rings (SSSR count). The first-order chi connectivity index (χ1) is 15.6. The van der Waals surface area contributed by atoms with Gasteiger partial charge in [-0.2, -0.15) is 0 Å². The van der Waals surface area contributed by atoms with Crippen LogP contribution in [0.5, 0.6) is 0 Å². The third kappa shape index (κ3) is 7.32. The first-order valence-corrected chi connectivity index (χ1v) is 13.2. The molecule has 0 spiro atoms. The van der Waals surface area contributed by atoms with Gasteiger partial charge in [0.05, 0.1) is 11.9 Å². The maximum Gasteiger partial charge on any atom is 0.244 e. The zero-order valence-corrected chi connectivity index (χ0v) is 22.3. The summed E-state index contributed by atoms with van der Waals surface area (Å²) in [6.45, 7) is 12.7. The van der Waals surface area contributed by atoms with Crippen LogP contribution in [0.4, 0.5) is 5.69 Å². The minimum Gasteiger partial charge on any atom is -0.350 e. The second-order valence-corrected chi connectivity index (χ2v) is 11.8. The third-order valence-electron chi connectivity index (χ3n) is 5.62. The normalized spacial score (nSPS) is 12.7. The Kier molecular flexibility index (Phi) is 8.53. The van der Waals surface area contributed by atoms with Gasteiger partial charge in [0.1, 0.15) is 12.6 Å². The lowest BCUT2D eigenvalue weighted by atomic mass is 10.1. The van der Waals surface area contributed by atoms with Gasteiger partial charge in [0.2, 0.25) is 21.8 Å². The molecule has 0 bridgehead atoms. The molecule has 2 aromatic rings. The van der Waals surface area contributed by atoms with Crippen molar-refractivity contribution >= 4 is 27.5 Å². The van der Waals surface area contributed by atoms with E-state index in [0.29, 0.717) is 5.69 Å². The van der Waals surface area contributed by atoms with Crippen LogP contribution in [-0.2, 0) is 26.2 Å². The van der Waals surface area contributed by atoms with Gasteiger partial charge in [0.25, 0.3) is 0 Å². The third-order valence-corrected chi connectivity index (χ3v) is 6.75. The molecule has 0 saturated carbocycles. The fourth-order valence-corrected chi connectivity index (χ4v) is 4.56. The molecule has 0 aliphatic carbocycles. The number of rotatable bonds is 8. The Labute approximate surface area is 204 Å². The summed E-state index contributed by atoms with van der Waals surface area (Å²) in [6, 6.07) is 12.2. The van der Waals surface area contributed by atoms with Crippen LogP contribution in [0.1, 0.15) is 49.9 Å². The van der Waals surface area contributed by atoms with Crippen molar-refractivity contribution < 1.29 is 18.0 Å². The summed E-state index contributed by atoms with van der Waals surface area (Å²) in [7, 11) is -3.75. The molecule has 2 amide bonds. The van der Waals surface area contributed by atoms with Crippen molar-refractivity contribution in [2.45, 2.75) is 66.6 Å². The summed E-state index contributed by atoms with van der Waals surface area (Å²) < 4.78 is 26.6. The predicted octanol–water partition coefficient (Wildman–Crippen LogP) is 3.71. The van der Waals surface area contributed by atoms with Crippen LogP contribution in [0.2, 0.25) is 0 Å². The summed E-state index contributed by atoms with van der Waals surface area (Å²) in [6.07, 6.45) is 1.09. The molecule has 1 N–H and O–H groups in total. The Hall–Kier alpha value is -2.87. The van der Waals surface area contributed by atoms with Crippen molar-refractivity contribution in [3.63, 3.8) is 0 Å². The van der Waals surface area contributed by atoms with E-state index in [9.17, 15) is 18.0 Å². The highest BCUT2D eigenvalue weighted by Crippen LogP contribution is 2.25. The average Bonchev–Trinajstić information content (AvgIpc) is 2.70. The molecule has 186 valence electrons. The Morgan fingerprint density at radius 1 is 1.03 bits per heavy atom. The smallest absolute Gasteiger partial charge is 0.244 e. The topological polar surface area (TPSA) is 86.8 Å². The molecule has 0 saturated heterocycles. The molecule has 0 heterocycles. The van der Waals surface area contributed by atoms with Gasteiger partial charge in [-0.1, -0.05) is 42.0 Å². The van der Waals surface area contributed by atoms with E-state index in [4.69, 9.17) is 0 Å². The number of aryl methyl sites for hydroxylation is 2. The molecule has 7 nitrogen and oxygen atoms in total. The SMILES string of the molecule is Cc1cccc(CN(C(=O)CN(c2cccc(C)c2C)S(C)(=O)=O)[C@@H](C)C(=O)NC(C)(C)C)c1. The molecule has 8 heteroatoms. The van der Waals surface area contributed by atoms with Crippen molar-refractivity contribution in [2.24, 2.45) is 0 Å². The average molecular weight is 488 g/mol. The standard InChI is InChI=1S/C26H37N3O4S/c1-18-11-9-13-22(15-18)16-28(21(4)25(31)27-26(5,6)7)24(30)17-29(34(8,32)33)23-14-10-12-19(2)20(23)3/h9-15,21H,16-17H2,1-8H3,(H,27,31)/t21-/m0/s1. The number of carbonyl (C=O) groups excluding carboxylic acids is 2. The number of sulfonamides is 1. The number of hydrogen-bond acceptors (Lipinski definition) is 4. The number of carbonyl (C=O) groups is 2. The number of anilines is 1. The molecule has 0 unspecified atom stereocenters. The molecule has 1 atom stereocenters. The highest BCUT2D eigenvalue weighted by atomic mass is 32.2. The van der Waals surface area contributed by atoms with Crippen molar-refractivity contribution in [1.29, 1.82) is 0 Å². The molecule has 0 aliphatic heterocycles. The van der Waals surface area contributed by atoms with Gasteiger partial charge >= 0.3 is 0 Å². The van der Waals surface area contributed by atoms with Gasteiger partial charge in [-0.25, -0.2) is 8.42 Å². The minimum atomic E-state index is -3.75. The second kappa shape index (κ2) is 10.6. The lowest BCUT2D eigenvalue weighted by Gasteiger charge is -2.33. The number of nitrogens with zero attached hydrogens (tertiary/aromatic N) is 2. The number of hydrogen-bond donors (Lipinski definition) is 1. The lowest BCUT2D eigenvalue weighted by Crippen LogP contribution is -2.54. The number of amides is 2. The van der Waals surface area contributed by atoms with E-state index in [2.05, 4.69) is 5.32 Å². The molecular formula is C26H37N3O4S. The van der Waals surface area contributed by atoms with Crippen LogP contribution in [0.3, 0.4) is 0 Å². The van der Waals surface area contributed by atoms with Crippen molar-refractivity contribution in [1.82, 2.24) is 10.2 Å². The summed E-state index contributed by atoms with van der Waals surface area (Å²) in [4.78, 5) is 28.0. The Balaban J connectivity index is 2.45. The fourth-order valence-electron chi connectivity index (χ4n) is 3.66. The predicted molar refractivity (Wildman–Crippen MR) is 137 cm³/mol. The van der Waals surface area contributed by atoms with E-state index in [1.807, 2.05) is 71.9 Å². The Bertz CT molecular complexity index is 1150. The van der Waals surface area contributed by atoms with Gasteiger partial charge in [0, 0.05) is 12.1 Å². The van der Waals surface area contributed by atoms with E-state index < -0.39 is 34.1 Å². The van der Waals surface area contributed by atoms with Crippen LogP contribution >= 0.6 is 0 Å². The van der Waals surface area contributed by atoms with Crippen LogP contribution in [-0.4, -0.2) is 49.5 Å². The summed E-state index contributed by atoms with van der Waals surface area (Å²) in [5.41, 5.74) is 3.59. The number of benzene rings is 2. The monoisotopic (exact) mass is 487 g/mol. The van der Waals surface area contributed by atoms with E-state index in [0.717, 1.165) is 32.8 Å². The highest BCUT2D eigenvalue weighted by Gasteiger charge is 2.31. The summed E-state index contributed by atoms with van der Waals surface area (Å²) >= 11 is 0. The van der Waals surface area contributed by atoms with Gasteiger partial charge in [-0.3, -0.25) is 13.9 Å². The maximum atomic E-state index is 13.6. The number of nitrogens with one attached hydrogen (secondary N) is 1. The highest BCUT2D eigenvalue weighted by molar-refractivity contribution is 7.92. The van der Waals surface area contributed by atoms with Gasteiger partial charge in [-0.05, 0) is 71.2 Å². The molecule has 0 aliphatic rings. The van der Waals surface area contributed by atoms with Gasteiger partial charge in [0.15, 0.2) is 0 Å². The van der Waals surface area contributed by atoms with Gasteiger partial charge in [-0.15, -0.1) is 0 Å². The zero-order chi connectivity index (χ0) is 25.8. The van der Waals surface area contributed by atoms with Crippen molar-refractivity contribution in [2.75, 3.05) is 17.1 Å². The quantitative estimate of drug-likeness (QED) is 0.615. The van der Waals surface area contributed by atoms with Crippen molar-refractivity contribution in [3.05, 3.63) is 64.7 Å². The first-order valence-electron chi connectivity index (χ1n) is 11.3. The van der Waals surface area contributed by atoms with E-state index >= 15 is 0 Å². The molecule has 0 fully saturated rings. The van der Waals surface area contributed by atoms with Crippen LogP contribution in [0, 0.1) is 20.8 Å². The molecule has 2 aromatic carbocycles. The van der Waals surface area contributed by atoms with E-state index in [-0.39, 0.29) is 12.5 Å². The first kappa shape index (κ1) is 27.4. The zero-order valence-electron chi connectivity index (χ0n) is 21.5. The lowest BCUT2D eigenvalue weighted by molar-refractivity contribution is -0.140. The molecule has 0 aromatic heterocycles. The minimum absolute atomic E-state index is 0.184. The summed E-state index contributed by atoms with van der Waals surface area (Å²) in [5, 5.41) is 2.92.